The largest absolute Gasteiger partial charge is 0.480 e. The molecule has 3 amide bonds. The fraction of sp³-hybridized carbons (Fsp3) is 0.692. The molecular weight excluding hydrogens is 278 g/mol. The van der Waals surface area contributed by atoms with Gasteiger partial charge in [-0.25, -0.2) is 4.79 Å². The summed E-state index contributed by atoms with van der Waals surface area (Å²) in [4.78, 5) is 50.8. The number of carbonyl (C=O) groups excluding carboxylic acids is 3. The van der Waals surface area contributed by atoms with Crippen molar-refractivity contribution in [3.8, 4) is 0 Å². The predicted octanol–water partition coefficient (Wildman–Crippen LogP) is -1.25. The van der Waals surface area contributed by atoms with Crippen LogP contribution >= 0.6 is 0 Å². The van der Waals surface area contributed by atoms with Gasteiger partial charge in [-0.15, -0.1) is 0 Å². The number of likely N-dealkylation sites (tertiary alicyclic amines) is 1. The number of rotatable bonds is 4. The van der Waals surface area contributed by atoms with Crippen LogP contribution in [0.4, 0.5) is 0 Å². The Labute approximate surface area is 122 Å². The Hall–Kier alpha value is -2.12. The number of carbonyl (C=O) groups is 4. The normalized spacial score (nSPS) is 22.9. The van der Waals surface area contributed by atoms with Crippen molar-refractivity contribution in [3.05, 3.63) is 0 Å². The van der Waals surface area contributed by atoms with E-state index in [4.69, 9.17) is 5.11 Å². The van der Waals surface area contributed by atoms with Gasteiger partial charge in [0.25, 0.3) is 0 Å². The molecule has 0 aromatic carbocycles. The minimum Gasteiger partial charge on any atom is -0.480 e. The van der Waals surface area contributed by atoms with Gasteiger partial charge in [0.1, 0.15) is 12.6 Å². The lowest BCUT2D eigenvalue weighted by Gasteiger charge is -2.34. The Kier molecular flexibility index (Phi) is 4.44. The van der Waals surface area contributed by atoms with E-state index >= 15 is 0 Å². The van der Waals surface area contributed by atoms with Crippen LogP contribution in [0.5, 0.6) is 0 Å². The lowest BCUT2D eigenvalue weighted by molar-refractivity contribution is -0.158. The molecule has 8 heteroatoms. The molecule has 2 heterocycles. The van der Waals surface area contributed by atoms with Gasteiger partial charge in [-0.3, -0.25) is 14.4 Å². The number of nitrogens with zero attached hydrogens (tertiary/aromatic N) is 3. The van der Waals surface area contributed by atoms with E-state index in [1.807, 2.05) is 0 Å². The molecule has 2 fully saturated rings. The molecule has 2 saturated heterocycles. The smallest absolute Gasteiger partial charge is 0.326 e. The molecule has 0 aromatic heterocycles. The van der Waals surface area contributed by atoms with Gasteiger partial charge < -0.3 is 19.8 Å². The molecule has 0 saturated carbocycles. The summed E-state index contributed by atoms with van der Waals surface area (Å²) in [5.41, 5.74) is 0. The molecule has 2 aliphatic heterocycles. The molecule has 21 heavy (non-hydrogen) atoms. The van der Waals surface area contributed by atoms with Crippen molar-refractivity contribution in [1.82, 2.24) is 14.7 Å². The van der Waals surface area contributed by atoms with E-state index in [1.54, 1.807) is 6.92 Å². The maximum absolute atomic E-state index is 12.2. The molecule has 8 nitrogen and oxygen atoms in total. The first-order chi connectivity index (χ1) is 9.95. The SMILES string of the molecule is CCN1CCN(CC(=O)N2CCCC2C(=O)O)C(=O)C1=O. The van der Waals surface area contributed by atoms with Gasteiger partial charge in [0.2, 0.25) is 5.91 Å². The van der Waals surface area contributed by atoms with Crippen molar-refractivity contribution < 1.29 is 24.3 Å². The van der Waals surface area contributed by atoms with E-state index in [0.717, 1.165) is 0 Å². The van der Waals surface area contributed by atoms with Crippen molar-refractivity contribution in [1.29, 1.82) is 0 Å². The van der Waals surface area contributed by atoms with Gasteiger partial charge in [-0.1, -0.05) is 0 Å². The van der Waals surface area contributed by atoms with Crippen molar-refractivity contribution in [2.75, 3.05) is 32.7 Å². The topological polar surface area (TPSA) is 98.2 Å². The van der Waals surface area contributed by atoms with Crippen molar-refractivity contribution in [3.63, 3.8) is 0 Å². The highest BCUT2D eigenvalue weighted by Gasteiger charge is 2.37. The number of aliphatic carboxylic acids is 1. The number of carboxylic acid groups (broad SMARTS) is 1. The second-order valence-electron chi connectivity index (χ2n) is 5.19. The third-order valence-corrected chi connectivity index (χ3v) is 3.96. The fourth-order valence-electron chi connectivity index (χ4n) is 2.74. The van der Waals surface area contributed by atoms with Crippen molar-refractivity contribution >= 4 is 23.7 Å². The monoisotopic (exact) mass is 297 g/mol. The number of hydrogen-bond donors (Lipinski definition) is 1. The fourth-order valence-corrected chi connectivity index (χ4v) is 2.74. The van der Waals surface area contributed by atoms with Crippen LogP contribution in [0.3, 0.4) is 0 Å². The number of amides is 3. The van der Waals surface area contributed by atoms with Crippen LogP contribution in [0.15, 0.2) is 0 Å². The predicted molar refractivity (Wildman–Crippen MR) is 71.2 cm³/mol. The number of carboxylic acids is 1. The summed E-state index contributed by atoms with van der Waals surface area (Å²) in [6.45, 7) is 3.10. The van der Waals surface area contributed by atoms with Crippen LogP contribution in [-0.4, -0.2) is 82.3 Å². The highest BCUT2D eigenvalue weighted by Crippen LogP contribution is 2.18. The van der Waals surface area contributed by atoms with Gasteiger partial charge in [-0.2, -0.15) is 0 Å². The standard InChI is InChI=1S/C13H19N3O5/c1-2-14-6-7-15(12(19)11(14)18)8-10(17)16-5-3-4-9(16)13(20)21/h9H,2-8H2,1H3,(H,20,21). The summed E-state index contributed by atoms with van der Waals surface area (Å²) in [5.74, 6) is -2.74. The first-order valence-electron chi connectivity index (χ1n) is 7.06. The van der Waals surface area contributed by atoms with E-state index in [9.17, 15) is 19.2 Å². The quantitative estimate of drug-likeness (QED) is 0.654. The number of hydrogen-bond acceptors (Lipinski definition) is 4. The Balaban J connectivity index is 1.98. The maximum atomic E-state index is 12.2. The van der Waals surface area contributed by atoms with E-state index in [2.05, 4.69) is 0 Å². The van der Waals surface area contributed by atoms with Crippen LogP contribution in [0.2, 0.25) is 0 Å². The Morgan fingerprint density at radius 2 is 1.76 bits per heavy atom. The molecule has 0 aromatic rings. The van der Waals surface area contributed by atoms with Crippen LogP contribution in [0.25, 0.3) is 0 Å². The average Bonchev–Trinajstić information content (AvgIpc) is 2.94. The first kappa shape index (κ1) is 15.3. The van der Waals surface area contributed by atoms with Crippen molar-refractivity contribution in [2.24, 2.45) is 0 Å². The molecule has 1 N–H and O–H groups in total. The van der Waals surface area contributed by atoms with Crippen LogP contribution in [-0.2, 0) is 19.2 Å². The molecule has 0 bridgehead atoms. The molecule has 116 valence electrons. The summed E-state index contributed by atoms with van der Waals surface area (Å²) in [6, 6.07) is -0.819. The molecule has 1 atom stereocenters. The Morgan fingerprint density at radius 1 is 1.14 bits per heavy atom. The summed E-state index contributed by atoms with van der Waals surface area (Å²) in [7, 11) is 0. The van der Waals surface area contributed by atoms with Crippen LogP contribution < -0.4 is 0 Å². The molecule has 0 aliphatic carbocycles. The molecule has 0 radical (unpaired) electrons. The minimum absolute atomic E-state index is 0.230. The molecule has 2 rings (SSSR count). The van der Waals surface area contributed by atoms with Gasteiger partial charge in [0.15, 0.2) is 0 Å². The van der Waals surface area contributed by atoms with Gasteiger partial charge in [0, 0.05) is 26.2 Å². The van der Waals surface area contributed by atoms with Crippen LogP contribution in [0.1, 0.15) is 19.8 Å². The van der Waals surface area contributed by atoms with Gasteiger partial charge in [-0.05, 0) is 19.8 Å². The van der Waals surface area contributed by atoms with Gasteiger partial charge in [0.05, 0.1) is 0 Å². The zero-order chi connectivity index (χ0) is 15.6. The zero-order valence-electron chi connectivity index (χ0n) is 11.9. The van der Waals surface area contributed by atoms with E-state index in [-0.39, 0.29) is 6.54 Å². The third kappa shape index (κ3) is 2.98. The Morgan fingerprint density at radius 3 is 2.38 bits per heavy atom. The molecule has 2 aliphatic rings. The van der Waals surface area contributed by atoms with Crippen LogP contribution in [0, 0.1) is 0 Å². The summed E-state index contributed by atoms with van der Waals surface area (Å²) in [5, 5.41) is 9.06. The first-order valence-corrected chi connectivity index (χ1v) is 7.06. The number of likely N-dealkylation sites (N-methyl/N-ethyl adjacent to an activating group) is 1. The Bertz CT molecular complexity index is 478. The average molecular weight is 297 g/mol. The zero-order valence-corrected chi connectivity index (χ0v) is 11.9. The molecular formula is C13H19N3O5. The maximum Gasteiger partial charge on any atom is 0.326 e. The van der Waals surface area contributed by atoms with Crippen molar-refractivity contribution in [2.45, 2.75) is 25.8 Å². The lowest BCUT2D eigenvalue weighted by Crippen LogP contribution is -2.57. The lowest BCUT2D eigenvalue weighted by atomic mass is 10.2. The third-order valence-electron chi connectivity index (χ3n) is 3.96. The number of piperazine rings is 1. The highest BCUT2D eigenvalue weighted by molar-refractivity contribution is 6.35. The summed E-state index contributed by atoms with van der Waals surface area (Å²) < 4.78 is 0. The molecule has 0 spiro atoms. The van der Waals surface area contributed by atoms with E-state index in [0.29, 0.717) is 39.0 Å². The minimum atomic E-state index is -1.03. The van der Waals surface area contributed by atoms with Gasteiger partial charge >= 0.3 is 17.8 Å². The highest BCUT2D eigenvalue weighted by atomic mass is 16.4. The second kappa shape index (κ2) is 6.11. The molecule has 1 unspecified atom stereocenters. The van der Waals surface area contributed by atoms with E-state index in [1.165, 1.54) is 14.7 Å². The summed E-state index contributed by atoms with van der Waals surface area (Å²) >= 11 is 0. The summed E-state index contributed by atoms with van der Waals surface area (Å²) in [6.07, 6.45) is 1.07. The second-order valence-corrected chi connectivity index (χ2v) is 5.19. The van der Waals surface area contributed by atoms with E-state index < -0.39 is 29.7 Å².